The third-order valence-corrected chi connectivity index (χ3v) is 5.97. The van der Waals surface area contributed by atoms with Gasteiger partial charge in [-0.1, -0.05) is 48.5 Å². The van der Waals surface area contributed by atoms with Crippen molar-refractivity contribution in [3.05, 3.63) is 90.1 Å². The van der Waals surface area contributed by atoms with Gasteiger partial charge in [-0.25, -0.2) is 0 Å². The topological polar surface area (TPSA) is 83.7 Å². The van der Waals surface area contributed by atoms with Crippen LogP contribution in [0.2, 0.25) is 0 Å². The predicted molar refractivity (Wildman–Crippen MR) is 130 cm³/mol. The van der Waals surface area contributed by atoms with Crippen molar-refractivity contribution >= 4 is 28.4 Å². The van der Waals surface area contributed by atoms with Gasteiger partial charge in [0.15, 0.2) is 11.5 Å². The molecule has 1 aromatic heterocycles. The number of benzene rings is 3. The minimum Gasteiger partial charge on any atom is -0.486 e. The highest BCUT2D eigenvalue weighted by atomic mass is 16.6. The summed E-state index contributed by atoms with van der Waals surface area (Å²) in [6.07, 6.45) is 2.03. The van der Waals surface area contributed by atoms with Crippen LogP contribution in [0.1, 0.15) is 17.2 Å². The Kier molecular flexibility index (Phi) is 5.91. The van der Waals surface area contributed by atoms with Gasteiger partial charge in [0, 0.05) is 35.9 Å². The smallest absolute Gasteiger partial charge is 0.251 e. The molecule has 5 rings (SSSR count). The standard InChI is InChI=1S/C27H25N3O4/c1-30(25(31)15-19-17-28-22-10-6-5-9-21(19)22)26(18-7-3-2-4-8-18)27(32)29-20-11-12-23-24(16-20)34-14-13-33-23/h2-12,16-17,26,28H,13-15H2,1H3,(H,29,32)/t26-/m1/s1. The number of aromatic amines is 1. The Morgan fingerprint density at radius 2 is 1.71 bits per heavy atom. The van der Waals surface area contributed by atoms with Crippen LogP contribution < -0.4 is 14.8 Å². The van der Waals surface area contributed by atoms with Crippen molar-refractivity contribution in [2.24, 2.45) is 0 Å². The largest absolute Gasteiger partial charge is 0.486 e. The summed E-state index contributed by atoms with van der Waals surface area (Å²) in [5.74, 6) is 0.771. The number of carbonyl (C=O) groups is 2. The van der Waals surface area contributed by atoms with E-state index in [1.807, 2.05) is 60.8 Å². The monoisotopic (exact) mass is 455 g/mol. The van der Waals surface area contributed by atoms with E-state index in [2.05, 4.69) is 10.3 Å². The van der Waals surface area contributed by atoms with Crippen LogP contribution in [0.5, 0.6) is 11.5 Å². The Bertz CT molecular complexity index is 1330. The number of carbonyl (C=O) groups excluding carboxylic acids is 2. The summed E-state index contributed by atoms with van der Waals surface area (Å²) in [7, 11) is 1.66. The van der Waals surface area contributed by atoms with E-state index in [1.54, 1.807) is 25.2 Å². The van der Waals surface area contributed by atoms with Crippen molar-refractivity contribution < 1.29 is 19.1 Å². The molecular formula is C27H25N3O4. The zero-order chi connectivity index (χ0) is 23.5. The van der Waals surface area contributed by atoms with Crippen molar-refractivity contribution in [2.75, 3.05) is 25.6 Å². The summed E-state index contributed by atoms with van der Waals surface area (Å²) in [6.45, 7) is 0.959. The van der Waals surface area contributed by atoms with E-state index in [1.165, 1.54) is 4.90 Å². The zero-order valence-corrected chi connectivity index (χ0v) is 18.8. The molecule has 2 amide bonds. The molecular weight excluding hydrogens is 430 g/mol. The first kappa shape index (κ1) is 21.6. The van der Waals surface area contributed by atoms with Gasteiger partial charge in [-0.05, 0) is 29.3 Å². The maximum absolute atomic E-state index is 13.5. The van der Waals surface area contributed by atoms with Gasteiger partial charge in [-0.3, -0.25) is 9.59 Å². The van der Waals surface area contributed by atoms with Gasteiger partial charge in [0.05, 0.1) is 6.42 Å². The maximum atomic E-state index is 13.5. The molecule has 7 nitrogen and oxygen atoms in total. The minimum absolute atomic E-state index is 0.157. The van der Waals surface area contributed by atoms with Gasteiger partial charge in [-0.15, -0.1) is 0 Å². The van der Waals surface area contributed by atoms with Crippen molar-refractivity contribution in [3.8, 4) is 11.5 Å². The summed E-state index contributed by atoms with van der Waals surface area (Å²) < 4.78 is 11.2. The average molecular weight is 456 g/mol. The normalized spacial score (nSPS) is 13.3. The third-order valence-electron chi connectivity index (χ3n) is 5.97. The SMILES string of the molecule is CN(C(=O)Cc1c[nH]c2ccccc12)[C@@H](C(=O)Nc1ccc2c(c1)OCCO2)c1ccccc1. The molecule has 2 heterocycles. The Balaban J connectivity index is 1.39. The molecule has 172 valence electrons. The van der Waals surface area contributed by atoms with Crippen LogP contribution >= 0.6 is 0 Å². The van der Waals surface area contributed by atoms with E-state index in [9.17, 15) is 9.59 Å². The molecule has 0 saturated heterocycles. The van der Waals surface area contributed by atoms with Gasteiger partial charge in [-0.2, -0.15) is 0 Å². The molecule has 3 aromatic carbocycles. The quantitative estimate of drug-likeness (QED) is 0.454. The van der Waals surface area contributed by atoms with Crippen molar-refractivity contribution in [1.82, 2.24) is 9.88 Å². The second-order valence-corrected chi connectivity index (χ2v) is 8.20. The van der Waals surface area contributed by atoms with E-state index < -0.39 is 6.04 Å². The summed E-state index contributed by atoms with van der Waals surface area (Å²) in [5, 5.41) is 3.94. The van der Waals surface area contributed by atoms with E-state index >= 15 is 0 Å². The highest BCUT2D eigenvalue weighted by molar-refractivity contribution is 5.98. The number of likely N-dealkylation sites (N-methyl/N-ethyl adjacent to an activating group) is 1. The maximum Gasteiger partial charge on any atom is 0.251 e. The zero-order valence-electron chi connectivity index (χ0n) is 18.8. The first-order chi connectivity index (χ1) is 16.6. The Hall–Kier alpha value is -4.26. The molecule has 7 heteroatoms. The number of nitrogens with one attached hydrogen (secondary N) is 2. The van der Waals surface area contributed by atoms with Crippen LogP contribution in [0.4, 0.5) is 5.69 Å². The first-order valence-electron chi connectivity index (χ1n) is 11.2. The lowest BCUT2D eigenvalue weighted by molar-refractivity contribution is -0.136. The molecule has 0 aliphatic carbocycles. The fourth-order valence-corrected chi connectivity index (χ4v) is 4.23. The van der Waals surface area contributed by atoms with Crippen LogP contribution in [0.15, 0.2) is 79.0 Å². The second kappa shape index (κ2) is 9.31. The molecule has 0 spiro atoms. The number of aromatic nitrogens is 1. The molecule has 0 unspecified atom stereocenters. The summed E-state index contributed by atoms with van der Waals surface area (Å²) in [4.78, 5) is 31.5. The fraction of sp³-hybridized carbons (Fsp3) is 0.185. The molecule has 1 aliphatic rings. The molecule has 0 bridgehead atoms. The molecule has 0 fully saturated rings. The Morgan fingerprint density at radius 1 is 0.971 bits per heavy atom. The van der Waals surface area contributed by atoms with Crippen LogP contribution in [0, 0.1) is 0 Å². The summed E-state index contributed by atoms with van der Waals surface area (Å²) >= 11 is 0. The van der Waals surface area contributed by atoms with Crippen molar-refractivity contribution in [1.29, 1.82) is 0 Å². The van der Waals surface area contributed by atoms with Gasteiger partial charge >= 0.3 is 0 Å². The van der Waals surface area contributed by atoms with Crippen molar-refractivity contribution in [2.45, 2.75) is 12.5 Å². The predicted octanol–water partition coefficient (Wildman–Crippen LogP) is 4.32. The van der Waals surface area contributed by atoms with Crippen molar-refractivity contribution in [3.63, 3.8) is 0 Å². The van der Waals surface area contributed by atoms with E-state index in [-0.39, 0.29) is 18.2 Å². The number of H-pyrrole nitrogens is 1. The Morgan fingerprint density at radius 3 is 2.53 bits per heavy atom. The number of nitrogens with zero attached hydrogens (tertiary/aromatic N) is 1. The van der Waals surface area contributed by atoms with Crippen LogP contribution in [0.3, 0.4) is 0 Å². The highest BCUT2D eigenvalue weighted by Crippen LogP contribution is 2.33. The molecule has 0 radical (unpaired) electrons. The molecule has 2 N–H and O–H groups in total. The lowest BCUT2D eigenvalue weighted by atomic mass is 10.0. The van der Waals surface area contributed by atoms with Crippen LogP contribution in [-0.2, 0) is 16.0 Å². The van der Waals surface area contributed by atoms with E-state index in [0.29, 0.717) is 30.4 Å². The molecule has 0 saturated carbocycles. The lowest BCUT2D eigenvalue weighted by Gasteiger charge is -2.28. The number of anilines is 1. The van der Waals surface area contributed by atoms with Gasteiger partial charge < -0.3 is 24.7 Å². The number of para-hydroxylation sites is 1. The number of fused-ring (bicyclic) bond motifs is 2. The van der Waals surface area contributed by atoms with Gasteiger partial charge in [0.1, 0.15) is 19.3 Å². The van der Waals surface area contributed by atoms with Crippen LogP contribution in [-0.4, -0.2) is 42.0 Å². The van der Waals surface area contributed by atoms with Gasteiger partial charge in [0.25, 0.3) is 5.91 Å². The minimum atomic E-state index is -0.799. The molecule has 34 heavy (non-hydrogen) atoms. The van der Waals surface area contributed by atoms with E-state index in [4.69, 9.17) is 9.47 Å². The number of hydrogen-bond acceptors (Lipinski definition) is 4. The average Bonchev–Trinajstić information content (AvgIpc) is 3.27. The second-order valence-electron chi connectivity index (χ2n) is 8.20. The Labute approximate surface area is 197 Å². The lowest BCUT2D eigenvalue weighted by Crippen LogP contribution is -2.39. The molecule has 1 aliphatic heterocycles. The summed E-state index contributed by atoms with van der Waals surface area (Å²) in [6, 6.07) is 21.6. The number of amides is 2. The van der Waals surface area contributed by atoms with E-state index in [0.717, 1.165) is 22.0 Å². The highest BCUT2D eigenvalue weighted by Gasteiger charge is 2.29. The number of rotatable bonds is 6. The third kappa shape index (κ3) is 4.32. The summed E-state index contributed by atoms with van der Waals surface area (Å²) in [5.41, 5.74) is 3.18. The van der Waals surface area contributed by atoms with Gasteiger partial charge in [0.2, 0.25) is 5.91 Å². The van der Waals surface area contributed by atoms with Crippen LogP contribution in [0.25, 0.3) is 10.9 Å². The first-order valence-corrected chi connectivity index (χ1v) is 11.2. The number of ether oxygens (including phenoxy) is 2. The molecule has 1 atom stereocenters. The molecule has 4 aromatic rings. The fourth-order valence-electron chi connectivity index (χ4n) is 4.23. The number of hydrogen-bond donors (Lipinski definition) is 2.